The van der Waals surface area contributed by atoms with Gasteiger partial charge in [0.15, 0.2) is 0 Å². The van der Waals surface area contributed by atoms with Crippen LogP contribution >= 0.6 is 0 Å². The Morgan fingerprint density at radius 1 is 0.926 bits per heavy atom. The minimum atomic E-state index is -3.72. The van der Waals surface area contributed by atoms with Crippen molar-refractivity contribution in [3.8, 4) is 0 Å². The molecule has 1 aliphatic rings. The largest absolute Gasteiger partial charge is 0.339 e. The van der Waals surface area contributed by atoms with E-state index in [-0.39, 0.29) is 4.91 Å². The maximum Gasteiger partial charge on any atom is 0.285 e. The van der Waals surface area contributed by atoms with Crippen molar-refractivity contribution in [3.05, 3.63) is 69.8 Å². The molecule has 0 amide bonds. The summed E-state index contributed by atoms with van der Waals surface area (Å²) < 4.78 is 29.5. The van der Waals surface area contributed by atoms with Gasteiger partial charge in [-0.05, 0) is 55.9 Å². The molecule has 1 N–H and O–H groups in total. The number of hydrogen-bond donors (Lipinski definition) is 1. The van der Waals surface area contributed by atoms with E-state index >= 15 is 0 Å². The average molecular weight is 383 g/mol. The number of rotatable bonds is 3. The smallest absolute Gasteiger partial charge is 0.285 e. The summed E-state index contributed by atoms with van der Waals surface area (Å²) >= 11 is 0. The van der Waals surface area contributed by atoms with Gasteiger partial charge in [-0.25, -0.2) is 0 Å². The van der Waals surface area contributed by atoms with E-state index in [1.54, 1.807) is 6.92 Å². The van der Waals surface area contributed by atoms with E-state index < -0.39 is 10.0 Å². The van der Waals surface area contributed by atoms with Crippen LogP contribution in [0.4, 0.5) is 5.69 Å². The van der Waals surface area contributed by atoms with Gasteiger partial charge in [-0.1, -0.05) is 55.8 Å². The first kappa shape index (κ1) is 19.4. The molecule has 0 aliphatic carbocycles. The second-order valence-electron chi connectivity index (χ2n) is 7.54. The fraction of sp³-hybridized carbons (Fsp3) is 0.318. The van der Waals surface area contributed by atoms with Gasteiger partial charge in [0.2, 0.25) is 0 Å². The van der Waals surface area contributed by atoms with E-state index in [4.69, 9.17) is 0 Å². The second-order valence-corrected chi connectivity index (χ2v) is 9.09. The van der Waals surface area contributed by atoms with Gasteiger partial charge in [-0.2, -0.15) is 8.42 Å². The number of anilines is 1. The summed E-state index contributed by atoms with van der Waals surface area (Å²) in [5, 5.41) is 3.25. The van der Waals surface area contributed by atoms with Crippen molar-refractivity contribution < 1.29 is 8.42 Å². The van der Waals surface area contributed by atoms with Crippen LogP contribution in [0.5, 0.6) is 0 Å². The zero-order valence-electron chi connectivity index (χ0n) is 16.7. The lowest BCUT2D eigenvalue weighted by Crippen LogP contribution is -2.13. The quantitative estimate of drug-likeness (QED) is 0.781. The molecule has 0 bridgehead atoms. The van der Waals surface area contributed by atoms with Crippen LogP contribution in [0.25, 0.3) is 4.91 Å². The fourth-order valence-corrected chi connectivity index (χ4v) is 4.96. The van der Waals surface area contributed by atoms with Crippen molar-refractivity contribution in [1.29, 1.82) is 0 Å². The predicted molar refractivity (Wildman–Crippen MR) is 114 cm³/mol. The first-order chi connectivity index (χ1) is 12.6. The SMILES string of the molecule is CC1=C(c2ccc(C(C)C)cc2)S(=O)(=O)N=C1Nc1c(C)cc(C)cc1C. The fourth-order valence-electron chi connectivity index (χ4n) is 3.53. The van der Waals surface area contributed by atoms with Gasteiger partial charge in [0.05, 0.1) is 0 Å². The lowest BCUT2D eigenvalue weighted by Gasteiger charge is -2.14. The Morgan fingerprint density at radius 3 is 2.00 bits per heavy atom. The number of sulfonamides is 1. The number of hydrogen-bond acceptors (Lipinski definition) is 3. The first-order valence-electron chi connectivity index (χ1n) is 9.11. The van der Waals surface area contributed by atoms with Gasteiger partial charge in [-0.15, -0.1) is 4.40 Å². The van der Waals surface area contributed by atoms with E-state index in [1.165, 1.54) is 11.1 Å². The minimum absolute atomic E-state index is 0.280. The third-order valence-electron chi connectivity index (χ3n) is 4.93. The molecule has 142 valence electrons. The average Bonchev–Trinajstić information content (AvgIpc) is 2.79. The molecule has 1 aliphatic heterocycles. The van der Waals surface area contributed by atoms with Gasteiger partial charge in [0.25, 0.3) is 10.0 Å². The van der Waals surface area contributed by atoms with Crippen LogP contribution in [0.1, 0.15) is 54.5 Å². The Hall–Kier alpha value is -2.40. The Labute approximate surface area is 162 Å². The van der Waals surface area contributed by atoms with Crippen LogP contribution in [0.15, 0.2) is 46.4 Å². The van der Waals surface area contributed by atoms with Crippen molar-refractivity contribution in [3.63, 3.8) is 0 Å². The molecule has 0 spiro atoms. The normalized spacial score (nSPS) is 16.0. The zero-order valence-corrected chi connectivity index (χ0v) is 17.5. The van der Waals surface area contributed by atoms with E-state index in [2.05, 4.69) is 35.7 Å². The molecule has 0 saturated heterocycles. The van der Waals surface area contributed by atoms with Gasteiger partial charge >= 0.3 is 0 Å². The van der Waals surface area contributed by atoms with Crippen LogP contribution in [0.3, 0.4) is 0 Å². The molecule has 27 heavy (non-hydrogen) atoms. The van der Waals surface area contributed by atoms with Crippen LogP contribution < -0.4 is 5.32 Å². The van der Waals surface area contributed by atoms with Crippen molar-refractivity contribution in [2.45, 2.75) is 47.5 Å². The monoisotopic (exact) mass is 382 g/mol. The standard InChI is InChI=1S/C22H26N2O2S/c1-13(2)18-7-9-19(10-8-18)21-17(6)22(24-27(21,25)26)23-20-15(4)11-14(3)12-16(20)5/h7-13H,1-6H3,(H,23,24). The Balaban J connectivity index is 2.02. The van der Waals surface area contributed by atoms with Gasteiger partial charge in [-0.3, -0.25) is 0 Å². The highest BCUT2D eigenvalue weighted by Crippen LogP contribution is 2.34. The molecule has 3 rings (SSSR count). The third-order valence-corrected chi connectivity index (χ3v) is 6.41. The Kier molecular flexibility index (Phi) is 5.00. The molecule has 4 nitrogen and oxygen atoms in total. The van der Waals surface area contributed by atoms with Crippen LogP contribution in [0.2, 0.25) is 0 Å². The van der Waals surface area contributed by atoms with E-state index in [0.717, 1.165) is 16.8 Å². The lowest BCUT2D eigenvalue weighted by molar-refractivity contribution is 0.608. The highest BCUT2D eigenvalue weighted by atomic mass is 32.2. The summed E-state index contributed by atoms with van der Waals surface area (Å²) in [7, 11) is -3.72. The van der Waals surface area contributed by atoms with Gasteiger partial charge in [0, 0.05) is 11.3 Å². The third kappa shape index (κ3) is 3.69. The number of nitrogens with one attached hydrogen (secondary N) is 1. The maximum absolute atomic E-state index is 12.7. The molecule has 0 atom stereocenters. The van der Waals surface area contributed by atoms with Crippen molar-refractivity contribution >= 4 is 26.5 Å². The molecule has 2 aromatic carbocycles. The molecule has 5 heteroatoms. The molecule has 0 radical (unpaired) electrons. The number of amidine groups is 1. The minimum Gasteiger partial charge on any atom is -0.339 e. The molecule has 2 aromatic rings. The lowest BCUT2D eigenvalue weighted by atomic mass is 10.0. The number of benzene rings is 2. The van der Waals surface area contributed by atoms with E-state index in [9.17, 15) is 8.42 Å². The Bertz CT molecular complexity index is 1040. The van der Waals surface area contributed by atoms with Crippen LogP contribution in [0, 0.1) is 20.8 Å². The van der Waals surface area contributed by atoms with E-state index in [1.807, 2.05) is 45.0 Å². The molecule has 0 saturated carbocycles. The van der Waals surface area contributed by atoms with Crippen molar-refractivity contribution in [2.24, 2.45) is 4.40 Å². The summed E-state index contributed by atoms with van der Waals surface area (Å²) in [5.41, 5.74) is 6.71. The topological polar surface area (TPSA) is 58.5 Å². The van der Waals surface area contributed by atoms with Crippen LogP contribution in [-0.2, 0) is 10.0 Å². The van der Waals surface area contributed by atoms with Crippen LogP contribution in [-0.4, -0.2) is 14.3 Å². The number of aryl methyl sites for hydroxylation is 3. The summed E-state index contributed by atoms with van der Waals surface area (Å²) in [6.45, 7) is 12.1. The molecular weight excluding hydrogens is 356 g/mol. The number of nitrogens with zero attached hydrogens (tertiary/aromatic N) is 1. The first-order valence-corrected chi connectivity index (χ1v) is 10.6. The predicted octanol–water partition coefficient (Wildman–Crippen LogP) is 5.32. The van der Waals surface area contributed by atoms with Gasteiger partial charge in [0.1, 0.15) is 10.7 Å². The summed E-state index contributed by atoms with van der Waals surface area (Å²) in [4.78, 5) is 0.280. The summed E-state index contributed by atoms with van der Waals surface area (Å²) in [6, 6.07) is 11.8. The van der Waals surface area contributed by atoms with Crippen molar-refractivity contribution in [2.75, 3.05) is 5.32 Å². The summed E-state index contributed by atoms with van der Waals surface area (Å²) in [6.07, 6.45) is 0. The maximum atomic E-state index is 12.7. The molecule has 1 heterocycles. The molecule has 0 fully saturated rings. The second kappa shape index (κ2) is 6.97. The summed E-state index contributed by atoms with van der Waals surface area (Å²) in [5.74, 6) is 0.795. The van der Waals surface area contributed by atoms with Gasteiger partial charge < -0.3 is 5.32 Å². The molecule has 0 aromatic heterocycles. The van der Waals surface area contributed by atoms with Crippen molar-refractivity contribution in [1.82, 2.24) is 0 Å². The molecule has 0 unspecified atom stereocenters. The molecular formula is C22H26N2O2S. The van der Waals surface area contributed by atoms with E-state index in [0.29, 0.717) is 22.9 Å². The highest BCUT2D eigenvalue weighted by molar-refractivity contribution is 8.00. The highest BCUT2D eigenvalue weighted by Gasteiger charge is 2.31. The zero-order chi connectivity index (χ0) is 19.9. The Morgan fingerprint density at radius 2 is 1.48 bits per heavy atom.